The van der Waals surface area contributed by atoms with Gasteiger partial charge in [0.15, 0.2) is 0 Å². The fourth-order valence-electron chi connectivity index (χ4n) is 2.45. The molecular formula is C13H17ClN2O2. The number of aliphatic carboxylic acids is 1. The van der Waals surface area contributed by atoms with Gasteiger partial charge in [-0.2, -0.15) is 0 Å². The Morgan fingerprint density at radius 3 is 2.67 bits per heavy atom. The fraction of sp³-hybridized carbons (Fsp3) is 0.462. The van der Waals surface area contributed by atoms with Crippen LogP contribution in [-0.2, 0) is 4.79 Å². The molecule has 3 N–H and O–H groups in total. The van der Waals surface area contributed by atoms with Gasteiger partial charge < -0.3 is 10.8 Å². The molecule has 0 aliphatic carbocycles. The predicted octanol–water partition coefficient (Wildman–Crippen LogP) is 1.75. The number of halogens is 1. The molecule has 1 aliphatic rings. The van der Waals surface area contributed by atoms with Crippen molar-refractivity contribution >= 4 is 17.6 Å². The first-order chi connectivity index (χ1) is 8.61. The normalized spacial score (nSPS) is 22.0. The quantitative estimate of drug-likeness (QED) is 0.873. The number of carboxylic acids is 1. The van der Waals surface area contributed by atoms with E-state index >= 15 is 0 Å². The molecule has 0 bridgehead atoms. The van der Waals surface area contributed by atoms with E-state index in [1.807, 2.05) is 24.3 Å². The molecule has 2 atom stereocenters. The zero-order valence-corrected chi connectivity index (χ0v) is 10.8. The van der Waals surface area contributed by atoms with E-state index in [1.165, 1.54) is 0 Å². The van der Waals surface area contributed by atoms with Gasteiger partial charge in [-0.05, 0) is 30.7 Å². The van der Waals surface area contributed by atoms with Gasteiger partial charge in [0, 0.05) is 24.2 Å². The van der Waals surface area contributed by atoms with Crippen LogP contribution in [0, 0.1) is 5.92 Å². The van der Waals surface area contributed by atoms with Crippen molar-refractivity contribution in [1.29, 1.82) is 0 Å². The molecule has 1 fully saturated rings. The highest BCUT2D eigenvalue weighted by Crippen LogP contribution is 2.27. The monoisotopic (exact) mass is 268 g/mol. The molecule has 18 heavy (non-hydrogen) atoms. The molecule has 0 amide bonds. The van der Waals surface area contributed by atoms with Gasteiger partial charge in [-0.25, -0.2) is 0 Å². The molecule has 4 nitrogen and oxygen atoms in total. The van der Waals surface area contributed by atoms with Crippen molar-refractivity contribution in [2.24, 2.45) is 11.7 Å². The molecule has 0 spiro atoms. The van der Waals surface area contributed by atoms with Gasteiger partial charge >= 0.3 is 5.97 Å². The second-order valence-electron chi connectivity index (χ2n) is 4.62. The van der Waals surface area contributed by atoms with Crippen LogP contribution >= 0.6 is 11.6 Å². The van der Waals surface area contributed by atoms with Crippen LogP contribution in [0.15, 0.2) is 24.3 Å². The SMILES string of the molecule is NC[C@@H](c1ccc(Cl)cc1)N1CC[C@H](C(=O)O)C1. The average molecular weight is 269 g/mol. The van der Waals surface area contributed by atoms with Gasteiger partial charge in [-0.15, -0.1) is 0 Å². The number of rotatable bonds is 4. The number of benzene rings is 1. The largest absolute Gasteiger partial charge is 0.481 e. The first-order valence-corrected chi connectivity index (χ1v) is 6.42. The minimum atomic E-state index is -0.718. The number of hydrogen-bond donors (Lipinski definition) is 2. The second-order valence-corrected chi connectivity index (χ2v) is 5.06. The highest BCUT2D eigenvalue weighted by Gasteiger charge is 2.32. The van der Waals surface area contributed by atoms with Gasteiger partial charge in [-0.3, -0.25) is 9.69 Å². The van der Waals surface area contributed by atoms with E-state index < -0.39 is 5.97 Å². The molecule has 1 saturated heterocycles. The first-order valence-electron chi connectivity index (χ1n) is 6.04. The van der Waals surface area contributed by atoms with Crippen molar-refractivity contribution in [3.8, 4) is 0 Å². The van der Waals surface area contributed by atoms with Gasteiger partial charge in [0.2, 0.25) is 0 Å². The van der Waals surface area contributed by atoms with E-state index in [0.717, 1.165) is 12.1 Å². The van der Waals surface area contributed by atoms with Crippen LogP contribution in [0.3, 0.4) is 0 Å². The van der Waals surface area contributed by atoms with E-state index in [1.54, 1.807) is 0 Å². The molecule has 1 aromatic carbocycles. The Morgan fingerprint density at radius 1 is 1.50 bits per heavy atom. The number of nitrogens with zero attached hydrogens (tertiary/aromatic N) is 1. The Kier molecular flexibility index (Phi) is 4.22. The van der Waals surface area contributed by atoms with E-state index in [2.05, 4.69) is 4.90 Å². The van der Waals surface area contributed by atoms with Crippen molar-refractivity contribution < 1.29 is 9.90 Å². The van der Waals surface area contributed by atoms with Gasteiger partial charge in [-0.1, -0.05) is 23.7 Å². The third-order valence-corrected chi connectivity index (χ3v) is 3.74. The number of carbonyl (C=O) groups is 1. The van der Waals surface area contributed by atoms with E-state index in [-0.39, 0.29) is 12.0 Å². The summed E-state index contributed by atoms with van der Waals surface area (Å²) in [5.74, 6) is -0.990. The van der Waals surface area contributed by atoms with E-state index in [0.29, 0.717) is 24.5 Å². The Bertz CT molecular complexity index is 422. The molecule has 1 aromatic rings. The van der Waals surface area contributed by atoms with Crippen molar-refractivity contribution in [2.45, 2.75) is 12.5 Å². The van der Waals surface area contributed by atoms with Crippen molar-refractivity contribution in [1.82, 2.24) is 4.90 Å². The third-order valence-electron chi connectivity index (χ3n) is 3.49. The first kappa shape index (κ1) is 13.3. The van der Waals surface area contributed by atoms with Crippen LogP contribution in [0.4, 0.5) is 0 Å². The fourth-order valence-corrected chi connectivity index (χ4v) is 2.58. The molecule has 98 valence electrons. The summed E-state index contributed by atoms with van der Waals surface area (Å²) in [5.41, 5.74) is 6.91. The highest BCUT2D eigenvalue weighted by molar-refractivity contribution is 6.30. The zero-order chi connectivity index (χ0) is 13.1. The van der Waals surface area contributed by atoms with Crippen LogP contribution in [0.1, 0.15) is 18.0 Å². The van der Waals surface area contributed by atoms with Gasteiger partial charge in [0.1, 0.15) is 0 Å². The van der Waals surface area contributed by atoms with Gasteiger partial charge in [0.25, 0.3) is 0 Å². The molecule has 0 radical (unpaired) electrons. The zero-order valence-electron chi connectivity index (χ0n) is 10.1. The summed E-state index contributed by atoms with van der Waals surface area (Å²) in [6, 6.07) is 7.66. The average Bonchev–Trinajstić information content (AvgIpc) is 2.82. The standard InChI is InChI=1S/C13H17ClN2O2/c14-11-3-1-9(2-4-11)12(7-15)16-6-5-10(8-16)13(17)18/h1-4,10,12H,5-8,15H2,(H,17,18)/t10-,12-/m0/s1. The summed E-state index contributed by atoms with van der Waals surface area (Å²) in [6.07, 6.45) is 0.694. The lowest BCUT2D eigenvalue weighted by Gasteiger charge is -2.26. The van der Waals surface area contributed by atoms with Crippen LogP contribution in [0.25, 0.3) is 0 Å². The Hall–Kier alpha value is -1.10. The van der Waals surface area contributed by atoms with Crippen LogP contribution in [0.5, 0.6) is 0 Å². The molecule has 5 heteroatoms. The van der Waals surface area contributed by atoms with E-state index in [4.69, 9.17) is 22.4 Å². The second kappa shape index (κ2) is 5.69. The maximum absolute atomic E-state index is 11.0. The Labute approximate surface area is 111 Å². The topological polar surface area (TPSA) is 66.6 Å². The summed E-state index contributed by atoms with van der Waals surface area (Å²) in [6.45, 7) is 1.83. The highest BCUT2D eigenvalue weighted by atomic mass is 35.5. The Morgan fingerprint density at radius 2 is 2.17 bits per heavy atom. The predicted molar refractivity (Wildman–Crippen MR) is 70.6 cm³/mol. The summed E-state index contributed by atoms with van der Waals surface area (Å²) in [5, 5.41) is 9.71. The molecule has 1 aliphatic heterocycles. The lowest BCUT2D eigenvalue weighted by atomic mass is 10.1. The van der Waals surface area contributed by atoms with Crippen molar-refractivity contribution in [3.05, 3.63) is 34.9 Å². The lowest BCUT2D eigenvalue weighted by Crippen LogP contribution is -2.32. The summed E-state index contributed by atoms with van der Waals surface area (Å²) < 4.78 is 0. The molecule has 0 unspecified atom stereocenters. The Balaban J connectivity index is 2.10. The molecule has 0 saturated carbocycles. The van der Waals surface area contributed by atoms with Crippen LogP contribution < -0.4 is 5.73 Å². The third kappa shape index (κ3) is 2.83. The maximum atomic E-state index is 11.0. The summed E-state index contributed by atoms with van der Waals surface area (Å²) >= 11 is 5.86. The van der Waals surface area contributed by atoms with Crippen LogP contribution in [0.2, 0.25) is 5.02 Å². The maximum Gasteiger partial charge on any atom is 0.307 e. The number of nitrogens with two attached hydrogens (primary N) is 1. The molecule has 2 rings (SSSR count). The minimum Gasteiger partial charge on any atom is -0.481 e. The smallest absolute Gasteiger partial charge is 0.307 e. The van der Waals surface area contributed by atoms with Gasteiger partial charge in [0.05, 0.1) is 5.92 Å². The lowest BCUT2D eigenvalue weighted by molar-refractivity contribution is -0.141. The molecule has 1 heterocycles. The minimum absolute atomic E-state index is 0.0756. The summed E-state index contributed by atoms with van der Waals surface area (Å²) in [4.78, 5) is 13.1. The van der Waals surface area contributed by atoms with Crippen molar-refractivity contribution in [2.75, 3.05) is 19.6 Å². The number of carboxylic acid groups (broad SMARTS) is 1. The van der Waals surface area contributed by atoms with Crippen molar-refractivity contribution in [3.63, 3.8) is 0 Å². The number of likely N-dealkylation sites (tertiary alicyclic amines) is 1. The van der Waals surface area contributed by atoms with Crippen LogP contribution in [-0.4, -0.2) is 35.6 Å². The molecular weight excluding hydrogens is 252 g/mol. The molecule has 0 aromatic heterocycles. The van der Waals surface area contributed by atoms with E-state index in [9.17, 15) is 4.79 Å². The summed E-state index contributed by atoms with van der Waals surface area (Å²) in [7, 11) is 0. The number of hydrogen-bond acceptors (Lipinski definition) is 3.